The van der Waals surface area contributed by atoms with Crippen LogP contribution in [0.3, 0.4) is 0 Å². The minimum absolute atomic E-state index is 0.0656. The van der Waals surface area contributed by atoms with E-state index >= 15 is 0 Å². The molecule has 3 rings (SSSR count). The largest absolute Gasteiger partial charge is 0.458 e. The van der Waals surface area contributed by atoms with E-state index in [-0.39, 0.29) is 22.9 Å². The summed E-state index contributed by atoms with van der Waals surface area (Å²) in [5.41, 5.74) is 3.11. The summed E-state index contributed by atoms with van der Waals surface area (Å²) >= 11 is 0. The standard InChI is InChI=1S/C18H23NO2/c1-12(2)14-8-9-17(3)18(14,4)15(16(20)21-17)11-13-7-5-6-10-19-13/h5-7,10,15H,8-9,11H2,1-4H3/t15-,17+,18+/m1/s1. The van der Waals surface area contributed by atoms with Gasteiger partial charge in [-0.3, -0.25) is 9.78 Å². The molecule has 0 N–H and O–H groups in total. The molecule has 0 spiro atoms. The Morgan fingerprint density at radius 2 is 2.14 bits per heavy atom. The first-order valence-electron chi connectivity index (χ1n) is 7.68. The number of carbonyl (C=O) groups is 1. The highest BCUT2D eigenvalue weighted by Crippen LogP contribution is 2.62. The van der Waals surface area contributed by atoms with Crippen molar-refractivity contribution in [3.05, 3.63) is 41.2 Å². The Morgan fingerprint density at radius 3 is 2.76 bits per heavy atom. The van der Waals surface area contributed by atoms with Gasteiger partial charge in [-0.2, -0.15) is 0 Å². The van der Waals surface area contributed by atoms with Crippen molar-refractivity contribution >= 4 is 5.97 Å². The van der Waals surface area contributed by atoms with Crippen molar-refractivity contribution in [2.75, 3.05) is 0 Å². The zero-order valence-corrected chi connectivity index (χ0v) is 13.3. The van der Waals surface area contributed by atoms with Gasteiger partial charge in [0.1, 0.15) is 5.60 Å². The van der Waals surface area contributed by atoms with Crippen molar-refractivity contribution in [3.8, 4) is 0 Å². The molecule has 3 heteroatoms. The second kappa shape index (κ2) is 4.69. The van der Waals surface area contributed by atoms with E-state index in [0.29, 0.717) is 6.42 Å². The lowest BCUT2D eigenvalue weighted by Gasteiger charge is -2.36. The summed E-state index contributed by atoms with van der Waals surface area (Å²) in [5.74, 6) is -0.200. The second-order valence-electron chi connectivity index (χ2n) is 6.91. The van der Waals surface area contributed by atoms with Crippen LogP contribution in [0.4, 0.5) is 0 Å². The Balaban J connectivity index is 2.03. The van der Waals surface area contributed by atoms with Crippen LogP contribution in [-0.4, -0.2) is 16.6 Å². The fraction of sp³-hybridized carbons (Fsp3) is 0.556. The number of pyridine rings is 1. The molecule has 0 unspecified atom stereocenters. The Kier molecular flexibility index (Phi) is 3.19. The SMILES string of the molecule is CC(C)=C1CC[C@]2(C)OC(=O)[C@@H](Cc3ccccn3)[C@]12C. The van der Waals surface area contributed by atoms with Gasteiger partial charge in [-0.15, -0.1) is 0 Å². The molecule has 2 fully saturated rings. The van der Waals surface area contributed by atoms with E-state index in [9.17, 15) is 4.79 Å². The first-order chi connectivity index (χ1) is 9.88. The van der Waals surface area contributed by atoms with Crippen molar-refractivity contribution in [1.82, 2.24) is 4.98 Å². The third-order valence-corrected chi connectivity index (χ3v) is 5.63. The van der Waals surface area contributed by atoms with Crippen LogP contribution in [0.5, 0.6) is 0 Å². The molecule has 0 radical (unpaired) electrons. The molecular weight excluding hydrogens is 262 g/mol. The Bertz CT molecular complexity index is 603. The average Bonchev–Trinajstić information content (AvgIpc) is 2.79. The fourth-order valence-corrected chi connectivity index (χ4v) is 4.25. The molecule has 21 heavy (non-hydrogen) atoms. The first kappa shape index (κ1) is 14.3. The summed E-state index contributed by atoms with van der Waals surface area (Å²) in [5, 5.41) is 0. The molecule has 3 atom stereocenters. The highest BCUT2D eigenvalue weighted by Gasteiger charge is 2.65. The Hall–Kier alpha value is -1.64. The summed E-state index contributed by atoms with van der Waals surface area (Å²) in [6.45, 7) is 8.60. The average molecular weight is 285 g/mol. The predicted molar refractivity (Wildman–Crippen MR) is 81.6 cm³/mol. The van der Waals surface area contributed by atoms with Crippen LogP contribution >= 0.6 is 0 Å². The molecule has 0 amide bonds. The number of hydrogen-bond donors (Lipinski definition) is 0. The highest BCUT2D eigenvalue weighted by molar-refractivity contribution is 5.79. The van der Waals surface area contributed by atoms with Gasteiger partial charge < -0.3 is 4.74 Å². The van der Waals surface area contributed by atoms with E-state index in [1.807, 2.05) is 18.2 Å². The van der Waals surface area contributed by atoms with Gasteiger partial charge in [0.15, 0.2) is 0 Å². The maximum Gasteiger partial charge on any atom is 0.310 e. The van der Waals surface area contributed by atoms with Gasteiger partial charge in [0.2, 0.25) is 0 Å². The number of carbonyl (C=O) groups excluding carboxylic acids is 1. The molecule has 1 aliphatic carbocycles. The minimum Gasteiger partial charge on any atom is -0.458 e. The monoisotopic (exact) mass is 285 g/mol. The molecule has 112 valence electrons. The highest BCUT2D eigenvalue weighted by atomic mass is 16.6. The summed E-state index contributed by atoms with van der Waals surface area (Å²) in [4.78, 5) is 16.9. The lowest BCUT2D eigenvalue weighted by Crippen LogP contribution is -2.40. The maximum atomic E-state index is 12.5. The van der Waals surface area contributed by atoms with E-state index < -0.39 is 0 Å². The number of allylic oxidation sites excluding steroid dienone is 1. The van der Waals surface area contributed by atoms with E-state index in [1.165, 1.54) is 11.1 Å². The van der Waals surface area contributed by atoms with Crippen molar-refractivity contribution in [1.29, 1.82) is 0 Å². The van der Waals surface area contributed by atoms with Crippen LogP contribution < -0.4 is 0 Å². The number of rotatable bonds is 2. The fourth-order valence-electron chi connectivity index (χ4n) is 4.25. The van der Waals surface area contributed by atoms with Crippen LogP contribution in [0.2, 0.25) is 0 Å². The Labute approximate surface area is 126 Å². The molecule has 3 nitrogen and oxygen atoms in total. The molecular formula is C18H23NO2. The van der Waals surface area contributed by atoms with Crippen LogP contribution in [0.15, 0.2) is 35.5 Å². The van der Waals surface area contributed by atoms with Crippen LogP contribution in [0.1, 0.15) is 46.2 Å². The summed E-state index contributed by atoms with van der Waals surface area (Å²) in [6, 6.07) is 5.86. The quantitative estimate of drug-likeness (QED) is 0.614. The molecule has 1 aliphatic heterocycles. The number of aromatic nitrogens is 1. The minimum atomic E-state index is -0.365. The molecule has 1 saturated carbocycles. The van der Waals surface area contributed by atoms with Gasteiger partial charge in [0.25, 0.3) is 0 Å². The number of ether oxygens (including phenoxy) is 1. The van der Waals surface area contributed by atoms with E-state index in [4.69, 9.17) is 4.74 Å². The van der Waals surface area contributed by atoms with Crippen molar-refractivity contribution < 1.29 is 9.53 Å². The number of fused-ring (bicyclic) bond motifs is 1. The number of esters is 1. The van der Waals surface area contributed by atoms with Gasteiger partial charge in [-0.25, -0.2) is 0 Å². The lowest BCUT2D eigenvalue weighted by molar-refractivity contribution is -0.150. The first-order valence-corrected chi connectivity index (χ1v) is 7.68. The molecule has 1 saturated heterocycles. The van der Waals surface area contributed by atoms with Crippen LogP contribution in [0.25, 0.3) is 0 Å². The number of nitrogens with zero attached hydrogens (tertiary/aromatic N) is 1. The van der Waals surface area contributed by atoms with Gasteiger partial charge >= 0.3 is 5.97 Å². The topological polar surface area (TPSA) is 39.2 Å². The maximum absolute atomic E-state index is 12.5. The summed E-state index contributed by atoms with van der Waals surface area (Å²) < 4.78 is 5.84. The third kappa shape index (κ3) is 1.94. The normalized spacial score (nSPS) is 34.8. The van der Waals surface area contributed by atoms with Gasteiger partial charge in [-0.1, -0.05) is 24.1 Å². The zero-order chi connectivity index (χ0) is 15.3. The third-order valence-electron chi connectivity index (χ3n) is 5.63. The smallest absolute Gasteiger partial charge is 0.310 e. The van der Waals surface area contributed by atoms with Crippen LogP contribution in [0, 0.1) is 11.3 Å². The molecule has 0 bridgehead atoms. The second-order valence-corrected chi connectivity index (χ2v) is 6.91. The molecule has 1 aromatic rings. The van der Waals surface area contributed by atoms with Crippen molar-refractivity contribution in [2.24, 2.45) is 11.3 Å². The molecule has 2 aliphatic rings. The predicted octanol–water partition coefficient (Wildman–Crippen LogP) is 3.69. The van der Waals surface area contributed by atoms with Crippen LogP contribution in [-0.2, 0) is 16.0 Å². The summed E-state index contributed by atoms with van der Waals surface area (Å²) in [6.07, 6.45) is 4.39. The summed E-state index contributed by atoms with van der Waals surface area (Å²) in [7, 11) is 0. The van der Waals surface area contributed by atoms with E-state index in [1.54, 1.807) is 6.20 Å². The van der Waals surface area contributed by atoms with E-state index in [2.05, 4.69) is 32.7 Å². The van der Waals surface area contributed by atoms with Crippen molar-refractivity contribution in [2.45, 2.75) is 52.6 Å². The van der Waals surface area contributed by atoms with Crippen molar-refractivity contribution in [3.63, 3.8) is 0 Å². The molecule has 2 heterocycles. The number of hydrogen-bond acceptors (Lipinski definition) is 3. The van der Waals surface area contributed by atoms with E-state index in [0.717, 1.165) is 18.5 Å². The zero-order valence-electron chi connectivity index (χ0n) is 13.3. The van der Waals surface area contributed by atoms with Gasteiger partial charge in [0, 0.05) is 23.7 Å². The Morgan fingerprint density at radius 1 is 1.38 bits per heavy atom. The molecule has 1 aromatic heterocycles. The lowest BCUT2D eigenvalue weighted by atomic mass is 9.65. The van der Waals surface area contributed by atoms with Gasteiger partial charge in [-0.05, 0) is 45.7 Å². The molecule has 0 aromatic carbocycles. The van der Waals surface area contributed by atoms with Gasteiger partial charge in [0.05, 0.1) is 5.92 Å².